The van der Waals surface area contributed by atoms with Gasteiger partial charge in [-0.1, -0.05) is 0 Å². The zero-order valence-electron chi connectivity index (χ0n) is 13.7. The van der Waals surface area contributed by atoms with Crippen molar-refractivity contribution in [3.63, 3.8) is 0 Å². The second-order valence-electron chi connectivity index (χ2n) is 6.13. The SMILES string of the molecule is CN1C(=O)[C@@H](N)COc2ccc(C(=O)N(Cl)OCC(C)(C)O)cc21. The number of carbonyl (C=O) groups is 2. The molecule has 0 bridgehead atoms. The number of carbonyl (C=O) groups excluding carboxylic acids is 2. The van der Waals surface area contributed by atoms with Crippen molar-refractivity contribution in [3.05, 3.63) is 23.8 Å². The summed E-state index contributed by atoms with van der Waals surface area (Å²) >= 11 is 5.79. The van der Waals surface area contributed by atoms with Gasteiger partial charge in [0.15, 0.2) is 0 Å². The van der Waals surface area contributed by atoms with Gasteiger partial charge < -0.3 is 20.5 Å². The fraction of sp³-hybridized carbons (Fsp3) is 0.467. The molecule has 9 heteroatoms. The van der Waals surface area contributed by atoms with Crippen molar-refractivity contribution in [2.75, 3.05) is 25.2 Å². The summed E-state index contributed by atoms with van der Waals surface area (Å²) < 4.78 is 6.00. The number of hydrogen-bond donors (Lipinski definition) is 2. The third-order valence-corrected chi connectivity index (χ3v) is 3.58. The van der Waals surface area contributed by atoms with Gasteiger partial charge in [0.25, 0.3) is 5.91 Å². The molecule has 0 spiro atoms. The Morgan fingerprint density at radius 1 is 1.58 bits per heavy atom. The number of likely N-dealkylation sites (N-methyl/N-ethyl adjacent to an activating group) is 1. The predicted molar refractivity (Wildman–Crippen MR) is 87.6 cm³/mol. The molecule has 24 heavy (non-hydrogen) atoms. The lowest BCUT2D eigenvalue weighted by Gasteiger charge is -2.21. The summed E-state index contributed by atoms with van der Waals surface area (Å²) in [5.41, 5.74) is 5.18. The molecule has 3 N–H and O–H groups in total. The molecule has 1 atom stereocenters. The van der Waals surface area contributed by atoms with E-state index in [1.165, 1.54) is 30.9 Å². The number of nitrogens with two attached hydrogens (primary N) is 1. The Balaban J connectivity index is 2.21. The molecular formula is C15H20ClN3O5. The van der Waals surface area contributed by atoms with Crippen LogP contribution in [-0.4, -0.2) is 53.4 Å². The molecule has 8 nitrogen and oxygen atoms in total. The van der Waals surface area contributed by atoms with Gasteiger partial charge in [0, 0.05) is 24.4 Å². The van der Waals surface area contributed by atoms with Gasteiger partial charge in [-0.05, 0) is 32.0 Å². The van der Waals surface area contributed by atoms with E-state index in [9.17, 15) is 14.7 Å². The summed E-state index contributed by atoms with van der Waals surface area (Å²) in [6.07, 6.45) is 0. The van der Waals surface area contributed by atoms with Gasteiger partial charge in [0.05, 0.1) is 11.3 Å². The van der Waals surface area contributed by atoms with Gasteiger partial charge in [-0.2, -0.15) is 0 Å². The van der Waals surface area contributed by atoms with E-state index in [0.717, 1.165) is 0 Å². The Hall–Kier alpha value is -1.87. The van der Waals surface area contributed by atoms with E-state index < -0.39 is 17.6 Å². The summed E-state index contributed by atoms with van der Waals surface area (Å²) in [7, 11) is 1.55. The first-order chi connectivity index (χ1) is 11.1. The van der Waals surface area contributed by atoms with Crippen LogP contribution in [0.1, 0.15) is 24.2 Å². The average molecular weight is 358 g/mol. The van der Waals surface area contributed by atoms with Crippen LogP contribution in [0.2, 0.25) is 0 Å². The Kier molecular flexibility index (Phi) is 5.34. The van der Waals surface area contributed by atoms with Crippen molar-refractivity contribution in [2.24, 2.45) is 5.73 Å². The average Bonchev–Trinajstić information content (AvgIpc) is 2.63. The van der Waals surface area contributed by atoms with Crippen LogP contribution in [0.5, 0.6) is 5.75 Å². The van der Waals surface area contributed by atoms with Gasteiger partial charge in [-0.25, -0.2) is 0 Å². The number of rotatable bonds is 4. The Bertz CT molecular complexity index is 646. The number of hydrogen-bond acceptors (Lipinski definition) is 6. The minimum absolute atomic E-state index is 0.0553. The van der Waals surface area contributed by atoms with E-state index in [-0.39, 0.29) is 24.7 Å². The molecule has 0 fully saturated rings. The molecule has 0 aromatic heterocycles. The number of aliphatic hydroxyl groups is 1. The number of nitrogens with zero attached hydrogens (tertiary/aromatic N) is 2. The van der Waals surface area contributed by atoms with Crippen molar-refractivity contribution < 1.29 is 24.3 Å². The summed E-state index contributed by atoms with van der Waals surface area (Å²) in [6.45, 7) is 2.93. The second kappa shape index (κ2) is 6.94. The smallest absolute Gasteiger partial charge is 0.292 e. The number of hydroxylamine groups is 1. The largest absolute Gasteiger partial charge is 0.489 e. The molecular weight excluding hydrogens is 338 g/mol. The van der Waals surface area contributed by atoms with Crippen LogP contribution in [0, 0.1) is 0 Å². The van der Waals surface area contributed by atoms with Crippen molar-refractivity contribution in [3.8, 4) is 5.75 Å². The molecule has 0 saturated carbocycles. The quantitative estimate of drug-likeness (QED) is 0.606. The predicted octanol–water partition coefficient (Wildman–Crippen LogP) is 0.668. The third kappa shape index (κ3) is 4.15. The van der Waals surface area contributed by atoms with Crippen LogP contribution in [0.25, 0.3) is 0 Å². The fourth-order valence-electron chi connectivity index (χ4n) is 2.03. The lowest BCUT2D eigenvalue weighted by Crippen LogP contribution is -2.43. The Morgan fingerprint density at radius 2 is 2.25 bits per heavy atom. The molecule has 1 aliphatic heterocycles. The lowest BCUT2D eigenvalue weighted by atomic mass is 10.1. The molecule has 1 aromatic rings. The number of anilines is 1. The van der Waals surface area contributed by atoms with E-state index in [2.05, 4.69) is 0 Å². The van der Waals surface area contributed by atoms with Crippen LogP contribution < -0.4 is 15.4 Å². The van der Waals surface area contributed by atoms with E-state index in [4.69, 9.17) is 27.1 Å². The van der Waals surface area contributed by atoms with Gasteiger partial charge >= 0.3 is 0 Å². The maximum absolute atomic E-state index is 12.3. The Labute approximate surface area is 144 Å². The van der Waals surface area contributed by atoms with Gasteiger partial charge in [-0.15, -0.1) is 4.58 Å². The van der Waals surface area contributed by atoms with Crippen LogP contribution in [0.15, 0.2) is 18.2 Å². The maximum Gasteiger partial charge on any atom is 0.292 e. The second-order valence-corrected chi connectivity index (χ2v) is 6.44. The van der Waals surface area contributed by atoms with Crippen LogP contribution in [0.3, 0.4) is 0 Å². The molecule has 0 radical (unpaired) electrons. The highest BCUT2D eigenvalue weighted by Gasteiger charge is 2.28. The minimum atomic E-state index is -1.14. The normalized spacial score (nSPS) is 17.8. The van der Waals surface area contributed by atoms with E-state index >= 15 is 0 Å². The highest BCUT2D eigenvalue weighted by molar-refractivity contribution is 6.23. The van der Waals surface area contributed by atoms with Crippen LogP contribution >= 0.6 is 11.8 Å². The van der Waals surface area contributed by atoms with Crippen LogP contribution in [0.4, 0.5) is 5.69 Å². The third-order valence-electron chi connectivity index (χ3n) is 3.32. The molecule has 132 valence electrons. The summed E-state index contributed by atoms with van der Waals surface area (Å²) in [5.74, 6) is -0.522. The van der Waals surface area contributed by atoms with Crippen molar-refractivity contribution in [1.82, 2.24) is 4.58 Å². The monoisotopic (exact) mass is 357 g/mol. The number of benzene rings is 1. The first-order valence-electron chi connectivity index (χ1n) is 7.25. The lowest BCUT2D eigenvalue weighted by molar-refractivity contribution is -0.119. The molecule has 2 rings (SSSR count). The first-order valence-corrected chi connectivity index (χ1v) is 7.59. The molecule has 1 aliphatic rings. The van der Waals surface area contributed by atoms with E-state index in [1.807, 2.05) is 0 Å². The van der Waals surface area contributed by atoms with Gasteiger partial charge in [0.2, 0.25) is 5.91 Å². The van der Waals surface area contributed by atoms with E-state index in [1.54, 1.807) is 13.1 Å². The summed E-state index contributed by atoms with van der Waals surface area (Å²) in [4.78, 5) is 30.7. The number of amides is 2. The fourth-order valence-corrected chi connectivity index (χ4v) is 2.17. The highest BCUT2D eigenvalue weighted by Crippen LogP contribution is 2.32. The highest BCUT2D eigenvalue weighted by atomic mass is 35.5. The standard InChI is InChI=1S/C15H20ClN3O5/c1-15(2,22)8-24-19(16)13(20)9-4-5-12-11(6-9)18(3)14(21)10(17)7-23-12/h4-6,10,22H,7-8,17H2,1-3H3/t10-/m0/s1. The zero-order chi connectivity index (χ0) is 18.1. The molecule has 1 aromatic carbocycles. The van der Waals surface area contributed by atoms with Gasteiger partial charge in [-0.3, -0.25) is 14.4 Å². The molecule has 0 saturated heterocycles. The minimum Gasteiger partial charge on any atom is -0.489 e. The summed E-state index contributed by atoms with van der Waals surface area (Å²) in [5, 5.41) is 9.60. The zero-order valence-corrected chi connectivity index (χ0v) is 14.4. The molecule has 0 aliphatic carbocycles. The number of fused-ring (bicyclic) bond motifs is 1. The Morgan fingerprint density at radius 3 is 2.88 bits per heavy atom. The van der Waals surface area contributed by atoms with Crippen molar-refractivity contribution >= 4 is 29.3 Å². The number of ether oxygens (including phenoxy) is 1. The number of halogens is 1. The summed E-state index contributed by atoms with van der Waals surface area (Å²) in [6, 6.07) is 3.75. The first kappa shape index (κ1) is 18.5. The molecule has 1 heterocycles. The van der Waals surface area contributed by atoms with E-state index in [0.29, 0.717) is 16.0 Å². The maximum atomic E-state index is 12.3. The molecule has 2 amide bonds. The van der Waals surface area contributed by atoms with Gasteiger partial charge in [0.1, 0.15) is 25.0 Å². The van der Waals surface area contributed by atoms with Crippen LogP contribution in [-0.2, 0) is 9.63 Å². The topological polar surface area (TPSA) is 105 Å². The molecule has 0 unspecified atom stereocenters. The van der Waals surface area contributed by atoms with Crippen molar-refractivity contribution in [2.45, 2.75) is 25.5 Å². The van der Waals surface area contributed by atoms with Crippen molar-refractivity contribution in [1.29, 1.82) is 0 Å².